The minimum Gasteiger partial charge on any atom is -0.310 e. The summed E-state index contributed by atoms with van der Waals surface area (Å²) >= 11 is 0. The van der Waals surface area contributed by atoms with Crippen molar-refractivity contribution < 1.29 is 0 Å². The Balaban J connectivity index is 0.993. The number of benzene rings is 9. The summed E-state index contributed by atoms with van der Waals surface area (Å²) in [7, 11) is 0. The highest BCUT2D eigenvalue weighted by Gasteiger charge is 2.67. The maximum absolute atomic E-state index is 2.69. The molecule has 0 amide bonds. The van der Waals surface area contributed by atoms with E-state index in [1.54, 1.807) is 11.1 Å². The maximum atomic E-state index is 2.69. The lowest BCUT2D eigenvalue weighted by Gasteiger charge is -2.48. The molecule has 0 heterocycles. The van der Waals surface area contributed by atoms with E-state index in [1.165, 1.54) is 132 Å². The van der Waals surface area contributed by atoms with E-state index in [0.29, 0.717) is 11.8 Å². The summed E-state index contributed by atoms with van der Waals surface area (Å²) in [4.78, 5) is 2.69. The van der Waals surface area contributed by atoms with Gasteiger partial charge >= 0.3 is 0 Å². The van der Waals surface area contributed by atoms with Gasteiger partial charge < -0.3 is 4.90 Å². The second kappa shape index (κ2) is 15.9. The van der Waals surface area contributed by atoms with Gasteiger partial charge in [0, 0.05) is 22.2 Å². The Hall–Kier alpha value is -7.22. The van der Waals surface area contributed by atoms with Crippen LogP contribution < -0.4 is 4.90 Å². The number of hydrogen-bond acceptors (Lipinski definition) is 1. The Morgan fingerprint density at radius 1 is 0.395 bits per heavy atom. The summed E-state index contributed by atoms with van der Waals surface area (Å²) in [5, 5.41) is 0. The minimum atomic E-state index is -0.520. The minimum absolute atomic E-state index is 0.00175. The quantitative estimate of drug-likeness (QED) is 0.166. The molecule has 1 nitrogen and oxygen atoms in total. The summed E-state index contributed by atoms with van der Waals surface area (Å²) in [6, 6.07) is 78.4. The Morgan fingerprint density at radius 3 is 1.55 bits per heavy atom. The molecular weight excluding hydrogens is 915 g/mol. The maximum Gasteiger partial charge on any atom is 0.0719 e. The molecule has 5 atom stereocenters. The topological polar surface area (TPSA) is 3.24 Å². The van der Waals surface area contributed by atoms with E-state index < -0.39 is 5.41 Å². The van der Waals surface area contributed by atoms with Gasteiger partial charge in [0.2, 0.25) is 0 Å². The highest BCUT2D eigenvalue weighted by molar-refractivity contribution is 5.96. The van der Waals surface area contributed by atoms with Gasteiger partial charge in [-0.1, -0.05) is 225 Å². The lowest BCUT2D eigenvalue weighted by molar-refractivity contribution is 0.191. The van der Waals surface area contributed by atoms with Crippen molar-refractivity contribution in [2.75, 3.05) is 4.90 Å². The zero-order valence-corrected chi connectivity index (χ0v) is 45.6. The predicted octanol–water partition coefficient (Wildman–Crippen LogP) is 19.4. The van der Waals surface area contributed by atoms with E-state index in [4.69, 9.17) is 0 Å². The van der Waals surface area contributed by atoms with Crippen LogP contribution >= 0.6 is 0 Å². The first-order chi connectivity index (χ1) is 36.7. The Morgan fingerprint density at radius 2 is 0.921 bits per heavy atom. The van der Waals surface area contributed by atoms with E-state index in [1.807, 2.05) is 0 Å². The molecule has 0 saturated heterocycles. The van der Waals surface area contributed by atoms with Gasteiger partial charge in [0.15, 0.2) is 0 Å². The standard InChI is InChI=1S/C75H69N/c1-71(2,3)50-31-36-64-67(43-50)75(68-44-51(72(4,5)6)32-37-65(68)73(64,7)8)62-27-17-15-24-58(62)60-45-54(35-38-63(60)75)76(53-33-29-48(30-34-53)56-22-13-12-21-55(56)47-19-10-9-11-20-47)69-28-18-25-59-57-23-14-16-26-61(57)74(70(59)69)52-40-46-39-49(42-52)66(74)41-46/h9-38,43-46,49,52,66H,39-42H2,1-8H3. The van der Waals surface area contributed by atoms with Gasteiger partial charge in [0.05, 0.1) is 11.1 Å². The van der Waals surface area contributed by atoms with Crippen molar-refractivity contribution in [3.8, 4) is 44.5 Å². The molecule has 5 unspecified atom stereocenters. The third-order valence-electron chi connectivity index (χ3n) is 20.2. The van der Waals surface area contributed by atoms with Crippen LogP contribution in [-0.4, -0.2) is 0 Å². The molecule has 2 spiro atoms. The van der Waals surface area contributed by atoms with Crippen LogP contribution in [0.4, 0.5) is 17.1 Å². The van der Waals surface area contributed by atoms with Crippen LogP contribution in [0.2, 0.25) is 0 Å². The third-order valence-corrected chi connectivity index (χ3v) is 20.2. The Labute approximate surface area is 451 Å². The molecule has 374 valence electrons. The molecular formula is C75H69N. The first kappa shape index (κ1) is 46.1. The fourth-order valence-electron chi connectivity index (χ4n) is 17.0. The predicted molar refractivity (Wildman–Crippen MR) is 317 cm³/mol. The van der Waals surface area contributed by atoms with E-state index in [-0.39, 0.29) is 21.7 Å². The summed E-state index contributed by atoms with van der Waals surface area (Å²) in [6.07, 6.45) is 5.45. The van der Waals surface area contributed by atoms with Crippen LogP contribution in [-0.2, 0) is 27.1 Å². The molecule has 1 heteroatoms. The van der Waals surface area contributed by atoms with E-state index in [9.17, 15) is 0 Å². The van der Waals surface area contributed by atoms with Crippen molar-refractivity contribution in [1.29, 1.82) is 0 Å². The number of fused-ring (bicyclic) bond motifs is 12. The molecule has 16 rings (SSSR count). The zero-order valence-electron chi connectivity index (χ0n) is 45.6. The van der Waals surface area contributed by atoms with E-state index >= 15 is 0 Å². The summed E-state index contributed by atoms with van der Waals surface area (Å²) < 4.78 is 0. The SMILES string of the molecule is CC(C)(C)c1ccc2c(c1)C1(c3ccccc3-c3cc(N(c4ccc(-c5ccccc5-c5ccccc5)cc4)c4cccc5c4C4(c6ccccc6-5)C5CC6CC(C5)C4C6)ccc31)c1cc(C(C)(C)C)ccc1C2(C)C. The molecule has 4 fully saturated rings. The highest BCUT2D eigenvalue weighted by atomic mass is 15.1. The first-order valence-corrected chi connectivity index (χ1v) is 28.5. The van der Waals surface area contributed by atoms with Gasteiger partial charge in [-0.05, 0) is 191 Å². The molecule has 76 heavy (non-hydrogen) atoms. The summed E-state index contributed by atoms with van der Waals surface area (Å²) in [5.41, 5.74) is 27.9. The second-order valence-electron chi connectivity index (χ2n) is 26.5. The molecule has 4 saturated carbocycles. The number of anilines is 3. The molecule has 9 aromatic rings. The van der Waals surface area contributed by atoms with E-state index in [2.05, 4.69) is 260 Å². The Kier molecular flexibility index (Phi) is 9.66. The number of nitrogens with zero attached hydrogens (tertiary/aromatic N) is 1. The Bertz CT molecular complexity index is 3780. The van der Waals surface area contributed by atoms with Crippen LogP contribution in [0, 0.1) is 23.7 Å². The van der Waals surface area contributed by atoms with Gasteiger partial charge in [-0.3, -0.25) is 0 Å². The van der Waals surface area contributed by atoms with Gasteiger partial charge in [-0.25, -0.2) is 0 Å². The highest BCUT2D eigenvalue weighted by Crippen LogP contribution is 2.74. The van der Waals surface area contributed by atoms with Crippen molar-refractivity contribution >= 4 is 17.1 Å². The van der Waals surface area contributed by atoms with Crippen LogP contribution in [0.25, 0.3) is 44.5 Å². The van der Waals surface area contributed by atoms with Crippen molar-refractivity contribution in [1.82, 2.24) is 0 Å². The van der Waals surface area contributed by atoms with Crippen LogP contribution in [0.1, 0.15) is 137 Å². The average molecular weight is 984 g/mol. The van der Waals surface area contributed by atoms with Crippen molar-refractivity contribution in [3.63, 3.8) is 0 Å². The van der Waals surface area contributed by atoms with Gasteiger partial charge in [0.25, 0.3) is 0 Å². The molecule has 9 aromatic carbocycles. The molecule has 0 aliphatic heterocycles. The number of rotatable bonds is 5. The number of hydrogen-bond donors (Lipinski definition) is 0. The normalized spacial score (nSPS) is 22.3. The fourth-order valence-corrected chi connectivity index (χ4v) is 17.0. The smallest absolute Gasteiger partial charge is 0.0719 e. The van der Waals surface area contributed by atoms with Gasteiger partial charge in [0.1, 0.15) is 0 Å². The van der Waals surface area contributed by atoms with Crippen molar-refractivity contribution in [3.05, 3.63) is 256 Å². The lowest BCUT2D eigenvalue weighted by atomic mass is 9.54. The van der Waals surface area contributed by atoms with Crippen LogP contribution in [0.15, 0.2) is 200 Å². The summed E-state index contributed by atoms with van der Waals surface area (Å²) in [5.74, 6) is 2.98. The fraction of sp³-hybridized carbons (Fsp3) is 0.280. The largest absolute Gasteiger partial charge is 0.310 e. The zero-order chi connectivity index (χ0) is 51.7. The van der Waals surface area contributed by atoms with Crippen LogP contribution in [0.5, 0.6) is 0 Å². The van der Waals surface area contributed by atoms with Crippen LogP contribution in [0.3, 0.4) is 0 Å². The molecule has 0 radical (unpaired) electrons. The third kappa shape index (κ3) is 6.15. The molecule has 7 aliphatic carbocycles. The molecule has 0 aromatic heterocycles. The monoisotopic (exact) mass is 984 g/mol. The lowest BCUT2D eigenvalue weighted by Crippen LogP contribution is -2.41. The van der Waals surface area contributed by atoms with E-state index in [0.717, 1.165) is 11.8 Å². The molecule has 4 bridgehead atoms. The van der Waals surface area contributed by atoms with Gasteiger partial charge in [-0.2, -0.15) is 0 Å². The van der Waals surface area contributed by atoms with Crippen molar-refractivity contribution in [2.24, 2.45) is 23.7 Å². The second-order valence-corrected chi connectivity index (χ2v) is 26.5. The van der Waals surface area contributed by atoms with Gasteiger partial charge in [-0.15, -0.1) is 0 Å². The molecule has 0 N–H and O–H groups in total. The summed E-state index contributed by atoms with van der Waals surface area (Å²) in [6.45, 7) is 19.2. The first-order valence-electron chi connectivity index (χ1n) is 28.5. The van der Waals surface area contributed by atoms with Crippen molar-refractivity contribution in [2.45, 2.75) is 108 Å². The average Bonchev–Trinajstić information content (AvgIpc) is 4.29. The molecule has 7 aliphatic rings.